The molecule has 0 fully saturated rings. The van der Waals surface area contributed by atoms with Gasteiger partial charge in [0.05, 0.1) is 11.7 Å². The van der Waals surface area contributed by atoms with E-state index in [9.17, 15) is 14.4 Å². The second-order valence-electron chi connectivity index (χ2n) is 6.52. The summed E-state index contributed by atoms with van der Waals surface area (Å²) < 4.78 is 0. The molecular weight excluding hydrogens is 376 g/mol. The fraction of sp³-hybridized carbons (Fsp3) is 0.286. The number of hydrogen-bond acceptors (Lipinski definition) is 4. The molecule has 2 aromatic rings. The van der Waals surface area contributed by atoms with Crippen LogP contribution in [-0.4, -0.2) is 28.1 Å². The van der Waals surface area contributed by atoms with Crippen molar-refractivity contribution in [2.75, 3.05) is 10.6 Å². The fourth-order valence-corrected chi connectivity index (χ4v) is 3.34. The maximum Gasteiger partial charge on any atom is 0.303 e. The van der Waals surface area contributed by atoms with E-state index in [2.05, 4.69) is 10.6 Å². The number of carboxylic acid groups (broad SMARTS) is 1. The van der Waals surface area contributed by atoms with Crippen molar-refractivity contribution in [1.29, 1.82) is 0 Å². The molecule has 6 nitrogen and oxygen atoms in total. The Hall–Kier alpha value is -2.80. The number of thioether (sulfide) groups is 1. The molecule has 0 heterocycles. The summed E-state index contributed by atoms with van der Waals surface area (Å²) in [7, 11) is 0. The molecular formula is C21H24N2O4S. The lowest BCUT2D eigenvalue weighted by Gasteiger charge is -2.14. The van der Waals surface area contributed by atoms with Gasteiger partial charge >= 0.3 is 5.97 Å². The van der Waals surface area contributed by atoms with Crippen LogP contribution in [0.4, 0.5) is 11.4 Å². The SMILES string of the molecule is Cc1ccc(NC(=O)C(C)Sc2cccc(NC(=O)CCC(=O)O)c2)cc1C. The van der Waals surface area contributed by atoms with Gasteiger partial charge in [-0.3, -0.25) is 14.4 Å². The Morgan fingerprint density at radius 1 is 0.964 bits per heavy atom. The van der Waals surface area contributed by atoms with E-state index in [1.165, 1.54) is 17.3 Å². The molecule has 2 amide bonds. The summed E-state index contributed by atoms with van der Waals surface area (Å²) in [6, 6.07) is 12.9. The van der Waals surface area contributed by atoms with Crippen molar-refractivity contribution in [2.45, 2.75) is 43.8 Å². The van der Waals surface area contributed by atoms with Crippen LogP contribution in [0.25, 0.3) is 0 Å². The van der Waals surface area contributed by atoms with Gasteiger partial charge in [0, 0.05) is 22.7 Å². The zero-order valence-electron chi connectivity index (χ0n) is 16.1. The normalized spacial score (nSPS) is 11.5. The van der Waals surface area contributed by atoms with Gasteiger partial charge in [-0.05, 0) is 62.2 Å². The molecule has 0 radical (unpaired) electrons. The monoisotopic (exact) mass is 400 g/mol. The van der Waals surface area contributed by atoms with Crippen LogP contribution in [0, 0.1) is 13.8 Å². The summed E-state index contributed by atoms with van der Waals surface area (Å²) in [4.78, 5) is 35.6. The van der Waals surface area contributed by atoms with Gasteiger partial charge in [-0.1, -0.05) is 12.1 Å². The summed E-state index contributed by atoms with van der Waals surface area (Å²) in [6.45, 7) is 5.84. The van der Waals surface area contributed by atoms with Gasteiger partial charge in [0.25, 0.3) is 0 Å². The van der Waals surface area contributed by atoms with E-state index in [-0.39, 0.29) is 29.9 Å². The quantitative estimate of drug-likeness (QED) is 0.577. The van der Waals surface area contributed by atoms with E-state index in [1.807, 2.05) is 45.0 Å². The van der Waals surface area contributed by atoms with Crippen LogP contribution in [0.1, 0.15) is 30.9 Å². The van der Waals surface area contributed by atoms with Crippen molar-refractivity contribution in [2.24, 2.45) is 0 Å². The second kappa shape index (κ2) is 9.94. The summed E-state index contributed by atoms with van der Waals surface area (Å²) in [6.07, 6.45) is -0.294. The lowest BCUT2D eigenvalue weighted by Crippen LogP contribution is -2.22. The Morgan fingerprint density at radius 2 is 1.68 bits per heavy atom. The molecule has 2 aromatic carbocycles. The highest BCUT2D eigenvalue weighted by Crippen LogP contribution is 2.27. The third kappa shape index (κ3) is 6.74. The molecule has 0 spiro atoms. The molecule has 0 aromatic heterocycles. The Kier molecular flexibility index (Phi) is 7.63. The van der Waals surface area contributed by atoms with Crippen molar-refractivity contribution in [3.05, 3.63) is 53.6 Å². The Bertz CT molecular complexity index is 882. The first kappa shape index (κ1) is 21.5. The second-order valence-corrected chi connectivity index (χ2v) is 7.93. The molecule has 0 bridgehead atoms. The van der Waals surface area contributed by atoms with Crippen molar-refractivity contribution < 1.29 is 19.5 Å². The minimum Gasteiger partial charge on any atom is -0.481 e. The molecule has 0 saturated heterocycles. The molecule has 3 N–H and O–H groups in total. The number of aliphatic carboxylic acids is 1. The van der Waals surface area contributed by atoms with Crippen molar-refractivity contribution in [1.82, 2.24) is 0 Å². The minimum absolute atomic E-state index is 0.0819. The highest BCUT2D eigenvalue weighted by Gasteiger charge is 2.15. The Balaban J connectivity index is 1.94. The number of benzene rings is 2. The maximum atomic E-state index is 12.5. The first-order valence-corrected chi connectivity index (χ1v) is 9.79. The van der Waals surface area contributed by atoms with E-state index >= 15 is 0 Å². The van der Waals surface area contributed by atoms with Crippen LogP contribution in [0.15, 0.2) is 47.4 Å². The number of carboxylic acids is 1. The fourth-order valence-electron chi connectivity index (χ4n) is 2.41. The van der Waals surface area contributed by atoms with Crippen molar-refractivity contribution in [3.8, 4) is 0 Å². The molecule has 0 aliphatic rings. The van der Waals surface area contributed by atoms with E-state index in [1.54, 1.807) is 18.2 Å². The van der Waals surface area contributed by atoms with Gasteiger partial charge < -0.3 is 15.7 Å². The molecule has 148 valence electrons. The van der Waals surface area contributed by atoms with Crippen molar-refractivity contribution in [3.63, 3.8) is 0 Å². The van der Waals surface area contributed by atoms with Gasteiger partial charge in [0.2, 0.25) is 11.8 Å². The molecule has 2 rings (SSSR count). The number of hydrogen-bond donors (Lipinski definition) is 3. The van der Waals surface area contributed by atoms with Crippen LogP contribution in [0.2, 0.25) is 0 Å². The summed E-state index contributed by atoms with van der Waals surface area (Å²) in [5, 5.41) is 13.9. The van der Waals surface area contributed by atoms with Gasteiger partial charge in [-0.15, -0.1) is 11.8 Å². The highest BCUT2D eigenvalue weighted by molar-refractivity contribution is 8.00. The van der Waals surface area contributed by atoms with Crippen LogP contribution in [0.3, 0.4) is 0 Å². The number of amides is 2. The van der Waals surface area contributed by atoms with Crippen LogP contribution >= 0.6 is 11.8 Å². The highest BCUT2D eigenvalue weighted by atomic mass is 32.2. The summed E-state index contributed by atoms with van der Waals surface area (Å²) >= 11 is 1.38. The first-order chi connectivity index (χ1) is 13.2. The van der Waals surface area contributed by atoms with Gasteiger partial charge in [-0.2, -0.15) is 0 Å². The topological polar surface area (TPSA) is 95.5 Å². The number of anilines is 2. The average Bonchev–Trinajstić information content (AvgIpc) is 2.63. The Labute approximate surface area is 168 Å². The predicted molar refractivity (Wildman–Crippen MR) is 112 cm³/mol. The zero-order chi connectivity index (χ0) is 20.7. The number of aryl methyl sites for hydroxylation is 2. The smallest absolute Gasteiger partial charge is 0.303 e. The number of carbonyl (C=O) groups is 3. The van der Waals surface area contributed by atoms with Gasteiger partial charge in [0.1, 0.15) is 0 Å². The first-order valence-electron chi connectivity index (χ1n) is 8.91. The van der Waals surface area contributed by atoms with Crippen LogP contribution in [-0.2, 0) is 14.4 Å². The zero-order valence-corrected chi connectivity index (χ0v) is 16.9. The minimum atomic E-state index is -1.01. The third-order valence-corrected chi connectivity index (χ3v) is 5.23. The third-order valence-electron chi connectivity index (χ3n) is 4.14. The summed E-state index contributed by atoms with van der Waals surface area (Å²) in [5.74, 6) is -1.47. The number of carbonyl (C=O) groups excluding carboxylic acids is 2. The van der Waals surface area contributed by atoms with Crippen LogP contribution in [0.5, 0.6) is 0 Å². The van der Waals surface area contributed by atoms with Crippen molar-refractivity contribution >= 4 is 40.9 Å². The number of nitrogens with one attached hydrogen (secondary N) is 2. The van der Waals surface area contributed by atoms with E-state index in [0.29, 0.717) is 5.69 Å². The lowest BCUT2D eigenvalue weighted by atomic mass is 10.1. The molecule has 28 heavy (non-hydrogen) atoms. The largest absolute Gasteiger partial charge is 0.481 e. The Morgan fingerprint density at radius 3 is 2.36 bits per heavy atom. The molecule has 1 unspecified atom stereocenters. The van der Waals surface area contributed by atoms with Gasteiger partial charge in [-0.25, -0.2) is 0 Å². The summed E-state index contributed by atoms with van der Waals surface area (Å²) in [5.41, 5.74) is 3.62. The molecule has 0 saturated carbocycles. The standard InChI is InChI=1S/C21H24N2O4S/c1-13-7-8-17(11-14(13)2)23-21(27)15(3)28-18-6-4-5-16(12-18)22-19(24)9-10-20(25)26/h4-8,11-12,15H,9-10H2,1-3H3,(H,22,24)(H,23,27)(H,25,26). The average molecular weight is 401 g/mol. The van der Waals surface area contributed by atoms with E-state index in [0.717, 1.165) is 16.1 Å². The van der Waals surface area contributed by atoms with E-state index in [4.69, 9.17) is 5.11 Å². The molecule has 7 heteroatoms. The van der Waals surface area contributed by atoms with Gasteiger partial charge in [0.15, 0.2) is 0 Å². The molecule has 1 atom stereocenters. The van der Waals surface area contributed by atoms with E-state index < -0.39 is 5.97 Å². The number of rotatable bonds is 8. The lowest BCUT2D eigenvalue weighted by molar-refractivity contribution is -0.138. The molecule has 0 aliphatic heterocycles. The predicted octanol–water partition coefficient (Wildman–Crippen LogP) is 4.23. The maximum absolute atomic E-state index is 12.5. The van der Waals surface area contributed by atoms with Crippen LogP contribution < -0.4 is 10.6 Å². The molecule has 0 aliphatic carbocycles.